The molecule has 2 atom stereocenters. The third kappa shape index (κ3) is 3.15. The molecule has 1 N–H and O–H groups in total. The van der Waals surface area contributed by atoms with E-state index in [0.29, 0.717) is 27.1 Å². The first-order valence-corrected chi connectivity index (χ1v) is 12.1. The quantitative estimate of drug-likeness (QED) is 0.377. The van der Waals surface area contributed by atoms with Gasteiger partial charge in [0.25, 0.3) is 11.1 Å². The van der Waals surface area contributed by atoms with Gasteiger partial charge in [-0.15, -0.1) is 22.7 Å². The normalized spacial score (nSPS) is 17.7. The van der Waals surface area contributed by atoms with Crippen molar-refractivity contribution in [2.75, 3.05) is 0 Å². The van der Waals surface area contributed by atoms with Crippen LogP contribution in [-0.2, 0) is 19.9 Å². The van der Waals surface area contributed by atoms with Gasteiger partial charge >= 0.3 is 0 Å². The molecule has 0 bridgehead atoms. The molecule has 4 aromatic heterocycles. The van der Waals surface area contributed by atoms with Gasteiger partial charge < -0.3 is 4.98 Å². The van der Waals surface area contributed by atoms with Gasteiger partial charge in [-0.3, -0.25) is 14.2 Å². The van der Waals surface area contributed by atoms with Crippen LogP contribution in [0.1, 0.15) is 41.8 Å². The van der Waals surface area contributed by atoms with Gasteiger partial charge in [0.15, 0.2) is 5.16 Å². The lowest BCUT2D eigenvalue weighted by atomic mass is 9.89. The Bertz CT molecular complexity index is 1360. The maximum absolute atomic E-state index is 12.9. The van der Waals surface area contributed by atoms with Crippen molar-refractivity contribution < 1.29 is 0 Å². The number of aryl methyl sites for hydroxylation is 1. The molecule has 1 aliphatic rings. The van der Waals surface area contributed by atoms with E-state index in [1.165, 1.54) is 33.5 Å². The van der Waals surface area contributed by atoms with Crippen LogP contribution >= 0.6 is 34.4 Å². The SMILES string of the molecule is CC1CCc2c(sc3nc(C(C)Sc4nc5ccsc5c(=O)n4C)[nH]c(=O)c23)C1. The second-order valence-corrected chi connectivity index (χ2v) is 10.9. The number of thiophene rings is 2. The average molecular weight is 445 g/mol. The number of hydrogen-bond donors (Lipinski definition) is 1. The highest BCUT2D eigenvalue weighted by molar-refractivity contribution is 7.99. The van der Waals surface area contributed by atoms with Crippen LogP contribution in [-0.4, -0.2) is 19.5 Å². The molecule has 0 aliphatic heterocycles. The fraction of sp³-hybridized carbons (Fsp3) is 0.400. The van der Waals surface area contributed by atoms with Crippen LogP contribution in [0.5, 0.6) is 0 Å². The monoisotopic (exact) mass is 444 g/mol. The van der Waals surface area contributed by atoms with E-state index in [1.807, 2.05) is 18.4 Å². The van der Waals surface area contributed by atoms with Crippen LogP contribution in [0.15, 0.2) is 26.2 Å². The Balaban J connectivity index is 1.53. The highest BCUT2D eigenvalue weighted by Crippen LogP contribution is 2.37. The summed E-state index contributed by atoms with van der Waals surface area (Å²) in [5.74, 6) is 1.28. The number of aromatic nitrogens is 4. The Labute approximate surface area is 179 Å². The molecule has 0 spiro atoms. The molecular weight excluding hydrogens is 424 g/mol. The highest BCUT2D eigenvalue weighted by atomic mass is 32.2. The Hall–Kier alpha value is -1.97. The summed E-state index contributed by atoms with van der Waals surface area (Å²) in [6.07, 6.45) is 3.11. The van der Waals surface area contributed by atoms with Crippen LogP contribution < -0.4 is 11.1 Å². The number of aromatic amines is 1. The first-order valence-electron chi connectivity index (χ1n) is 9.57. The number of nitrogens with one attached hydrogen (secondary N) is 1. The zero-order valence-electron chi connectivity index (χ0n) is 16.3. The number of rotatable bonds is 3. The summed E-state index contributed by atoms with van der Waals surface area (Å²) in [6.45, 7) is 4.24. The predicted molar refractivity (Wildman–Crippen MR) is 121 cm³/mol. The first kappa shape index (κ1) is 19.0. The fourth-order valence-corrected chi connectivity index (χ4v) is 6.97. The summed E-state index contributed by atoms with van der Waals surface area (Å²) >= 11 is 4.50. The summed E-state index contributed by atoms with van der Waals surface area (Å²) in [5, 5.41) is 3.13. The molecule has 0 saturated carbocycles. The molecule has 4 heterocycles. The van der Waals surface area contributed by atoms with Crippen molar-refractivity contribution in [3.8, 4) is 0 Å². The summed E-state index contributed by atoms with van der Waals surface area (Å²) in [7, 11) is 1.73. The van der Waals surface area contributed by atoms with Crippen LogP contribution in [0.25, 0.3) is 20.4 Å². The largest absolute Gasteiger partial charge is 0.309 e. The van der Waals surface area contributed by atoms with Crippen molar-refractivity contribution in [1.82, 2.24) is 19.5 Å². The van der Waals surface area contributed by atoms with E-state index in [1.54, 1.807) is 23.0 Å². The first-order chi connectivity index (χ1) is 13.9. The van der Waals surface area contributed by atoms with Gasteiger partial charge in [-0.1, -0.05) is 18.7 Å². The van der Waals surface area contributed by atoms with Crippen LogP contribution in [0, 0.1) is 5.92 Å². The average Bonchev–Trinajstić information content (AvgIpc) is 3.29. The lowest BCUT2D eigenvalue weighted by molar-refractivity contribution is 0.509. The Morgan fingerprint density at radius 2 is 2.17 bits per heavy atom. The number of hydrogen-bond acceptors (Lipinski definition) is 7. The molecule has 0 radical (unpaired) electrons. The smallest absolute Gasteiger partial charge is 0.271 e. The molecular formula is C20H20N4O2S3. The van der Waals surface area contributed by atoms with Crippen molar-refractivity contribution in [1.29, 1.82) is 0 Å². The van der Waals surface area contributed by atoms with Crippen molar-refractivity contribution in [2.45, 2.75) is 43.5 Å². The summed E-state index contributed by atoms with van der Waals surface area (Å²) < 4.78 is 2.23. The molecule has 4 aromatic rings. The van der Waals surface area contributed by atoms with Crippen molar-refractivity contribution in [2.24, 2.45) is 13.0 Å². The van der Waals surface area contributed by atoms with Gasteiger partial charge in [-0.25, -0.2) is 9.97 Å². The molecule has 2 unspecified atom stereocenters. The molecule has 0 amide bonds. The predicted octanol–water partition coefficient (Wildman–Crippen LogP) is 4.27. The van der Waals surface area contributed by atoms with Gasteiger partial charge in [0.2, 0.25) is 0 Å². The van der Waals surface area contributed by atoms with E-state index in [9.17, 15) is 9.59 Å². The number of H-pyrrole nitrogens is 1. The fourth-order valence-electron chi connectivity index (χ4n) is 3.85. The summed E-state index contributed by atoms with van der Waals surface area (Å²) in [6, 6.07) is 1.86. The molecule has 1 aliphatic carbocycles. The Kier molecular flexibility index (Phi) is 4.64. The second-order valence-electron chi connectivity index (χ2n) is 7.64. The van der Waals surface area contributed by atoms with Crippen LogP contribution in [0.4, 0.5) is 0 Å². The maximum Gasteiger partial charge on any atom is 0.271 e. The lowest BCUT2D eigenvalue weighted by Gasteiger charge is -2.17. The minimum atomic E-state index is -0.140. The van der Waals surface area contributed by atoms with E-state index in [0.717, 1.165) is 29.5 Å². The van der Waals surface area contributed by atoms with E-state index in [2.05, 4.69) is 16.9 Å². The molecule has 6 nitrogen and oxygen atoms in total. The molecule has 9 heteroatoms. The highest BCUT2D eigenvalue weighted by Gasteiger charge is 2.24. The number of thioether (sulfide) groups is 1. The number of fused-ring (bicyclic) bond motifs is 4. The van der Waals surface area contributed by atoms with Crippen molar-refractivity contribution >= 4 is 54.9 Å². The van der Waals surface area contributed by atoms with Gasteiger partial charge in [0.05, 0.1) is 16.2 Å². The summed E-state index contributed by atoms with van der Waals surface area (Å²) in [4.78, 5) is 40.0. The molecule has 0 saturated heterocycles. The Morgan fingerprint density at radius 1 is 1.34 bits per heavy atom. The van der Waals surface area contributed by atoms with E-state index in [-0.39, 0.29) is 16.4 Å². The Morgan fingerprint density at radius 3 is 3.00 bits per heavy atom. The zero-order valence-corrected chi connectivity index (χ0v) is 18.8. The molecule has 29 heavy (non-hydrogen) atoms. The van der Waals surface area contributed by atoms with Gasteiger partial charge in [-0.05, 0) is 49.1 Å². The van der Waals surface area contributed by atoms with E-state index < -0.39 is 0 Å². The van der Waals surface area contributed by atoms with Crippen LogP contribution in [0.3, 0.4) is 0 Å². The molecule has 0 fully saturated rings. The van der Waals surface area contributed by atoms with Crippen molar-refractivity contribution in [3.63, 3.8) is 0 Å². The van der Waals surface area contributed by atoms with E-state index in [4.69, 9.17) is 4.98 Å². The number of nitrogens with zero attached hydrogens (tertiary/aromatic N) is 3. The summed E-state index contributed by atoms with van der Waals surface area (Å²) in [5.41, 5.74) is 1.80. The zero-order chi connectivity index (χ0) is 20.3. The van der Waals surface area contributed by atoms with E-state index >= 15 is 0 Å². The molecule has 0 aromatic carbocycles. The lowest BCUT2D eigenvalue weighted by Crippen LogP contribution is -2.19. The topological polar surface area (TPSA) is 80.6 Å². The van der Waals surface area contributed by atoms with Gasteiger partial charge in [0.1, 0.15) is 15.4 Å². The van der Waals surface area contributed by atoms with Gasteiger partial charge in [0, 0.05) is 11.9 Å². The maximum atomic E-state index is 12.9. The standard InChI is InChI=1S/C20H20N4O2S3/c1-9-4-5-11-13(8-9)29-18-14(11)17(25)22-16(23-18)10(2)28-20-21-12-6-7-27-15(12)19(26)24(20)3/h6-7,9-10H,4-5,8H2,1-3H3,(H,22,23,25). The van der Waals surface area contributed by atoms with Gasteiger partial charge in [-0.2, -0.15) is 0 Å². The molecule has 150 valence electrons. The minimum Gasteiger partial charge on any atom is -0.309 e. The van der Waals surface area contributed by atoms with Crippen LogP contribution in [0.2, 0.25) is 0 Å². The van der Waals surface area contributed by atoms with Crippen molar-refractivity contribution in [3.05, 3.63) is 48.4 Å². The second kappa shape index (κ2) is 7.07. The third-order valence-corrected chi connectivity index (χ3v) is 8.69. The minimum absolute atomic E-state index is 0.0448. The third-order valence-electron chi connectivity index (χ3n) is 5.50. The molecule has 5 rings (SSSR count).